The predicted octanol–water partition coefficient (Wildman–Crippen LogP) is 3.93. The second kappa shape index (κ2) is 13.7. The molecule has 1 aromatic carbocycles. The minimum absolute atomic E-state index is 0.0659. The lowest BCUT2D eigenvalue weighted by Gasteiger charge is -2.30. The van der Waals surface area contributed by atoms with Gasteiger partial charge in [0, 0.05) is 38.0 Å². The van der Waals surface area contributed by atoms with E-state index in [9.17, 15) is 14.7 Å². The first-order valence-electron chi connectivity index (χ1n) is 14.9. The van der Waals surface area contributed by atoms with Crippen LogP contribution in [0.5, 0.6) is 11.5 Å². The Morgan fingerprint density at radius 1 is 1.12 bits per heavy atom. The number of ether oxygens (including phenoxy) is 2. The van der Waals surface area contributed by atoms with E-state index in [2.05, 4.69) is 38.0 Å². The molecule has 3 heterocycles. The lowest BCUT2D eigenvalue weighted by Crippen LogP contribution is -2.45. The predicted molar refractivity (Wildman–Crippen MR) is 155 cm³/mol. The van der Waals surface area contributed by atoms with Crippen LogP contribution in [-0.4, -0.2) is 103 Å². The van der Waals surface area contributed by atoms with Gasteiger partial charge in [-0.05, 0) is 50.3 Å². The number of quaternary nitrogens is 1. The Hall–Kier alpha value is -3.11. The third-order valence-electron chi connectivity index (χ3n) is 8.16. The van der Waals surface area contributed by atoms with E-state index in [1.165, 1.54) is 0 Å². The molecule has 2 aliphatic rings. The zero-order valence-electron chi connectivity index (χ0n) is 25.3. The number of aliphatic carboxylic acids is 1. The number of unbranched alkanes of at least 4 members (excludes halogenated alkanes) is 2. The van der Waals surface area contributed by atoms with E-state index in [1.807, 2.05) is 30.0 Å². The lowest BCUT2D eigenvalue weighted by atomic mass is 9.83. The first kappa shape index (κ1) is 30.8. The quantitative estimate of drug-likeness (QED) is 0.253. The number of carbonyl (C=O) groups is 2. The van der Waals surface area contributed by atoms with Crippen LogP contribution >= 0.6 is 0 Å². The van der Waals surface area contributed by atoms with Gasteiger partial charge in [0.25, 0.3) is 0 Å². The van der Waals surface area contributed by atoms with Crippen LogP contribution in [0.3, 0.4) is 0 Å². The van der Waals surface area contributed by atoms with Gasteiger partial charge in [0.15, 0.2) is 17.4 Å². The van der Waals surface area contributed by atoms with Crippen molar-refractivity contribution in [2.45, 2.75) is 64.3 Å². The highest BCUT2D eigenvalue weighted by atomic mass is 16.7. The molecule has 0 aliphatic carbocycles. The number of hydrogen-bond acceptors (Lipinski definition) is 7. The number of rotatable bonds is 15. The highest BCUT2D eigenvalue weighted by Gasteiger charge is 2.47. The van der Waals surface area contributed by atoms with Crippen LogP contribution in [0.1, 0.15) is 62.2 Å². The average Bonchev–Trinajstić information content (AvgIpc) is 3.64. The molecule has 0 bridgehead atoms. The average molecular weight is 572 g/mol. The summed E-state index contributed by atoms with van der Waals surface area (Å²) in [6.45, 7) is 7.31. The third-order valence-corrected chi connectivity index (χ3v) is 8.16. The number of aryl methyl sites for hydroxylation is 2. The standard InChI is InChI=1S/C31H46N4O6/c1-6-7-14-33(15-8-9-16-35(3,4)5)29(36)20-34-19-24(23-10-12-26-27(17-23)40-21-39-26)30(31(37)38)25(34)11-13-28-32-18-22(2)41-28/h10,12,17-18,24-25,30H,6-9,11,13-16,19-21H2,1-5H3/p+1/t24-,25+,30?/m1/s1. The van der Waals surface area contributed by atoms with Crippen molar-refractivity contribution in [2.24, 2.45) is 5.92 Å². The summed E-state index contributed by atoms with van der Waals surface area (Å²) in [5.74, 6) is 0.837. The molecule has 1 amide bonds. The molecule has 10 nitrogen and oxygen atoms in total. The van der Waals surface area contributed by atoms with Gasteiger partial charge in [0.05, 0.1) is 46.3 Å². The Kier molecular flexibility index (Phi) is 10.3. The molecule has 1 fully saturated rings. The van der Waals surface area contributed by atoms with Crippen LogP contribution in [-0.2, 0) is 16.0 Å². The summed E-state index contributed by atoms with van der Waals surface area (Å²) in [4.78, 5) is 34.9. The topological polar surface area (TPSA) is 105 Å². The summed E-state index contributed by atoms with van der Waals surface area (Å²) in [5.41, 5.74) is 0.886. The van der Waals surface area contributed by atoms with Crippen LogP contribution in [0, 0.1) is 12.8 Å². The van der Waals surface area contributed by atoms with Gasteiger partial charge in [0.1, 0.15) is 5.76 Å². The molecule has 1 unspecified atom stereocenters. The first-order chi connectivity index (χ1) is 19.6. The maximum atomic E-state index is 13.8. The van der Waals surface area contributed by atoms with Crippen molar-refractivity contribution in [3.05, 3.63) is 41.6 Å². The van der Waals surface area contributed by atoms with Crippen LogP contribution < -0.4 is 9.47 Å². The Bertz CT molecular complexity index is 1180. The molecule has 2 aromatic rings. The van der Waals surface area contributed by atoms with Crippen molar-refractivity contribution in [3.8, 4) is 11.5 Å². The fraction of sp³-hybridized carbons (Fsp3) is 0.645. The number of nitrogens with zero attached hydrogens (tertiary/aromatic N) is 4. The SMILES string of the molecule is CCCCN(CCCC[N+](C)(C)C)C(=O)CN1C[C@H](c2ccc3c(c2)OCO3)C(C(=O)O)[C@@H]1CCc1ncc(C)o1. The summed E-state index contributed by atoms with van der Waals surface area (Å²) < 4.78 is 17.7. The lowest BCUT2D eigenvalue weighted by molar-refractivity contribution is -0.870. The fourth-order valence-electron chi connectivity index (χ4n) is 6.00. The third kappa shape index (κ3) is 8.23. The highest BCUT2D eigenvalue weighted by molar-refractivity contribution is 5.79. The van der Waals surface area contributed by atoms with Crippen LogP contribution in [0.2, 0.25) is 0 Å². The van der Waals surface area contributed by atoms with Gasteiger partial charge in [-0.25, -0.2) is 4.98 Å². The molecule has 1 saturated heterocycles. The molecule has 0 saturated carbocycles. The number of carboxylic acids is 1. The van der Waals surface area contributed by atoms with Gasteiger partial charge >= 0.3 is 5.97 Å². The molecule has 0 radical (unpaired) electrons. The Morgan fingerprint density at radius 3 is 2.56 bits per heavy atom. The summed E-state index contributed by atoms with van der Waals surface area (Å²) in [6.07, 6.45) is 6.68. The number of fused-ring (bicyclic) bond motifs is 1. The number of amides is 1. The number of hydrogen-bond donors (Lipinski definition) is 1. The summed E-state index contributed by atoms with van der Waals surface area (Å²) in [6, 6.07) is 5.32. The van der Waals surface area contributed by atoms with Gasteiger partial charge in [-0.2, -0.15) is 0 Å². The van der Waals surface area contributed by atoms with E-state index in [0.29, 0.717) is 36.8 Å². The molecule has 1 aromatic heterocycles. The maximum Gasteiger partial charge on any atom is 0.308 e. The van der Waals surface area contributed by atoms with Gasteiger partial charge in [-0.1, -0.05) is 19.4 Å². The van der Waals surface area contributed by atoms with E-state index in [1.54, 1.807) is 6.20 Å². The van der Waals surface area contributed by atoms with Crippen molar-refractivity contribution in [2.75, 3.05) is 60.7 Å². The van der Waals surface area contributed by atoms with Crippen LogP contribution in [0.15, 0.2) is 28.8 Å². The molecule has 10 heteroatoms. The molecule has 226 valence electrons. The minimum Gasteiger partial charge on any atom is -0.481 e. The van der Waals surface area contributed by atoms with E-state index in [0.717, 1.165) is 61.1 Å². The number of benzene rings is 1. The summed E-state index contributed by atoms with van der Waals surface area (Å²) >= 11 is 0. The molecule has 2 aliphatic heterocycles. The number of carboxylic acid groups (broad SMARTS) is 1. The van der Waals surface area contributed by atoms with E-state index in [4.69, 9.17) is 13.9 Å². The molecular weight excluding hydrogens is 524 g/mol. The number of aromatic nitrogens is 1. The normalized spacial score (nSPS) is 20.5. The van der Waals surface area contributed by atoms with E-state index < -0.39 is 11.9 Å². The molecule has 1 N–H and O–H groups in total. The number of likely N-dealkylation sites (tertiary alicyclic amines) is 1. The van der Waals surface area contributed by atoms with E-state index in [-0.39, 0.29) is 31.2 Å². The summed E-state index contributed by atoms with van der Waals surface area (Å²) in [7, 11) is 6.55. The smallest absolute Gasteiger partial charge is 0.308 e. The van der Waals surface area contributed by atoms with Crippen molar-refractivity contribution >= 4 is 11.9 Å². The second-order valence-corrected chi connectivity index (χ2v) is 12.4. The number of carbonyl (C=O) groups excluding carboxylic acids is 1. The van der Waals surface area contributed by atoms with E-state index >= 15 is 0 Å². The zero-order valence-corrected chi connectivity index (χ0v) is 25.3. The largest absolute Gasteiger partial charge is 0.481 e. The van der Waals surface area contributed by atoms with Gasteiger partial charge in [0.2, 0.25) is 12.7 Å². The Balaban J connectivity index is 1.53. The molecule has 4 rings (SSSR count). The minimum atomic E-state index is -0.862. The van der Waals surface area contributed by atoms with Gasteiger partial charge in [-0.15, -0.1) is 0 Å². The van der Waals surface area contributed by atoms with Crippen LogP contribution in [0.4, 0.5) is 0 Å². The van der Waals surface area contributed by atoms with Crippen LogP contribution in [0.25, 0.3) is 0 Å². The van der Waals surface area contributed by atoms with Gasteiger partial charge in [-0.3, -0.25) is 14.5 Å². The summed E-state index contributed by atoms with van der Waals surface area (Å²) in [5, 5.41) is 10.5. The van der Waals surface area contributed by atoms with Crippen molar-refractivity contribution < 1.29 is 33.1 Å². The van der Waals surface area contributed by atoms with Gasteiger partial charge < -0.3 is 28.4 Å². The highest BCUT2D eigenvalue weighted by Crippen LogP contribution is 2.43. The maximum absolute atomic E-state index is 13.8. The van der Waals surface area contributed by atoms with Crippen molar-refractivity contribution in [1.82, 2.24) is 14.8 Å². The molecule has 41 heavy (non-hydrogen) atoms. The monoisotopic (exact) mass is 571 g/mol. The molecular formula is C31H47N4O6+. The van der Waals surface area contributed by atoms with Crippen molar-refractivity contribution in [1.29, 1.82) is 0 Å². The fourth-order valence-corrected chi connectivity index (χ4v) is 6.00. The number of oxazole rings is 1. The molecule has 0 spiro atoms. The Labute approximate surface area is 243 Å². The Morgan fingerprint density at radius 2 is 1.88 bits per heavy atom. The van der Waals surface area contributed by atoms with Crippen molar-refractivity contribution in [3.63, 3.8) is 0 Å². The zero-order chi connectivity index (χ0) is 29.6. The first-order valence-corrected chi connectivity index (χ1v) is 14.9. The molecule has 3 atom stereocenters. The second-order valence-electron chi connectivity index (χ2n) is 12.4.